The molecule has 0 bridgehead atoms. The number of carbonyl (C=O) groups excluding carboxylic acids is 1. The molecule has 1 aromatic rings. The summed E-state index contributed by atoms with van der Waals surface area (Å²) in [5.74, 6) is 0.710. The average Bonchev–Trinajstić information content (AvgIpc) is 2.64. The first kappa shape index (κ1) is 20.5. The molecule has 0 aromatic carbocycles. The number of amides is 1. The minimum Gasteiger partial charge on any atom is -0.353 e. The van der Waals surface area contributed by atoms with Crippen molar-refractivity contribution in [3.63, 3.8) is 0 Å². The van der Waals surface area contributed by atoms with Gasteiger partial charge in [-0.05, 0) is 18.6 Å². The maximum absolute atomic E-state index is 12.6. The van der Waals surface area contributed by atoms with Crippen LogP contribution in [0.15, 0.2) is 18.3 Å². The highest BCUT2D eigenvalue weighted by molar-refractivity contribution is 5.76. The Balaban J connectivity index is 1.72. The largest absolute Gasteiger partial charge is 0.417 e. The number of piperazine rings is 1. The second-order valence-corrected chi connectivity index (χ2v) is 6.79. The van der Waals surface area contributed by atoms with Gasteiger partial charge in [-0.15, -0.1) is 0 Å². The van der Waals surface area contributed by atoms with E-state index in [0.717, 1.165) is 25.1 Å². The van der Waals surface area contributed by atoms with Crippen molar-refractivity contribution in [2.45, 2.75) is 58.0 Å². The summed E-state index contributed by atoms with van der Waals surface area (Å²) in [6, 6.07) is 2.45. The lowest BCUT2D eigenvalue weighted by atomic mass is 10.1. The summed E-state index contributed by atoms with van der Waals surface area (Å²) < 4.78 is 37.8. The highest BCUT2D eigenvalue weighted by atomic mass is 19.4. The minimum absolute atomic E-state index is 0.181. The number of hydrogen-bond donors (Lipinski definition) is 0. The maximum atomic E-state index is 12.6. The van der Waals surface area contributed by atoms with Crippen molar-refractivity contribution in [2.24, 2.45) is 0 Å². The van der Waals surface area contributed by atoms with E-state index in [1.54, 1.807) is 0 Å². The Morgan fingerprint density at radius 3 is 2.27 bits per heavy atom. The fraction of sp³-hybridized carbons (Fsp3) is 0.684. The van der Waals surface area contributed by atoms with Crippen LogP contribution in [0.4, 0.5) is 19.0 Å². The average molecular weight is 371 g/mol. The smallest absolute Gasteiger partial charge is 0.353 e. The van der Waals surface area contributed by atoms with Crippen molar-refractivity contribution in [2.75, 3.05) is 31.1 Å². The zero-order valence-corrected chi connectivity index (χ0v) is 15.4. The Bertz CT molecular complexity index is 552. The summed E-state index contributed by atoms with van der Waals surface area (Å²) >= 11 is 0. The van der Waals surface area contributed by atoms with Gasteiger partial charge in [-0.25, -0.2) is 4.98 Å². The molecule has 1 fully saturated rings. The summed E-state index contributed by atoms with van der Waals surface area (Å²) in [4.78, 5) is 20.0. The Hall–Kier alpha value is -1.79. The first-order chi connectivity index (χ1) is 12.4. The molecule has 0 N–H and O–H groups in total. The van der Waals surface area contributed by atoms with Gasteiger partial charge in [0.2, 0.25) is 5.91 Å². The van der Waals surface area contributed by atoms with Crippen LogP contribution in [0.5, 0.6) is 0 Å². The first-order valence-electron chi connectivity index (χ1n) is 9.48. The van der Waals surface area contributed by atoms with Crippen LogP contribution >= 0.6 is 0 Å². The lowest BCUT2D eigenvalue weighted by Crippen LogP contribution is -2.49. The van der Waals surface area contributed by atoms with Crippen molar-refractivity contribution in [1.29, 1.82) is 0 Å². The molecule has 0 unspecified atom stereocenters. The fourth-order valence-electron chi connectivity index (χ4n) is 3.14. The lowest BCUT2D eigenvalue weighted by molar-refractivity contribution is -0.137. The number of alkyl halides is 3. The van der Waals surface area contributed by atoms with Crippen molar-refractivity contribution >= 4 is 11.7 Å². The van der Waals surface area contributed by atoms with Gasteiger partial charge < -0.3 is 9.80 Å². The van der Waals surface area contributed by atoms with Crippen molar-refractivity contribution in [3.8, 4) is 0 Å². The molecule has 0 spiro atoms. The molecule has 0 radical (unpaired) electrons. The second kappa shape index (κ2) is 9.78. The quantitative estimate of drug-likeness (QED) is 0.632. The molecule has 1 aliphatic heterocycles. The first-order valence-corrected chi connectivity index (χ1v) is 9.48. The van der Waals surface area contributed by atoms with Gasteiger partial charge >= 0.3 is 6.18 Å². The van der Waals surface area contributed by atoms with Crippen LogP contribution in [0.25, 0.3) is 0 Å². The third-order valence-corrected chi connectivity index (χ3v) is 4.78. The van der Waals surface area contributed by atoms with Crippen LogP contribution in [0.1, 0.15) is 57.4 Å². The van der Waals surface area contributed by atoms with E-state index >= 15 is 0 Å². The molecule has 4 nitrogen and oxygen atoms in total. The number of aromatic nitrogens is 1. The molecule has 26 heavy (non-hydrogen) atoms. The minimum atomic E-state index is -4.37. The van der Waals surface area contributed by atoms with E-state index < -0.39 is 11.7 Å². The van der Waals surface area contributed by atoms with E-state index in [-0.39, 0.29) is 5.91 Å². The summed E-state index contributed by atoms with van der Waals surface area (Å²) in [5.41, 5.74) is -0.742. The van der Waals surface area contributed by atoms with E-state index in [2.05, 4.69) is 11.9 Å². The number of pyridine rings is 1. The van der Waals surface area contributed by atoms with E-state index in [1.807, 2.05) is 9.80 Å². The van der Waals surface area contributed by atoms with Gasteiger partial charge in [0.25, 0.3) is 0 Å². The second-order valence-electron chi connectivity index (χ2n) is 6.79. The predicted octanol–water partition coefficient (Wildman–Crippen LogP) is 4.50. The summed E-state index contributed by atoms with van der Waals surface area (Å²) in [7, 11) is 0. The normalized spacial score (nSPS) is 15.4. The van der Waals surface area contributed by atoms with Crippen molar-refractivity contribution < 1.29 is 18.0 Å². The van der Waals surface area contributed by atoms with Crippen molar-refractivity contribution in [1.82, 2.24) is 9.88 Å². The van der Waals surface area contributed by atoms with Gasteiger partial charge in [0.1, 0.15) is 5.82 Å². The van der Waals surface area contributed by atoms with Crippen LogP contribution in [-0.4, -0.2) is 42.0 Å². The molecule has 2 heterocycles. The standard InChI is InChI=1S/C19H28F3N3O/c1-2-3-4-5-6-7-8-18(26)25-13-11-24(12-14-25)17-10-9-16(15-23-17)19(20,21)22/h9-10,15H,2-8,11-14H2,1H3. The molecule has 7 heteroatoms. The zero-order valence-electron chi connectivity index (χ0n) is 15.4. The highest BCUT2D eigenvalue weighted by Gasteiger charge is 2.31. The molecular weight excluding hydrogens is 343 g/mol. The van der Waals surface area contributed by atoms with Gasteiger partial charge in [0.05, 0.1) is 5.56 Å². The molecule has 1 aromatic heterocycles. The third-order valence-electron chi connectivity index (χ3n) is 4.78. The Morgan fingerprint density at radius 1 is 1.04 bits per heavy atom. The number of anilines is 1. The summed E-state index contributed by atoms with van der Waals surface area (Å²) in [6.07, 6.45) is 4.02. The van der Waals surface area contributed by atoms with E-state index in [0.29, 0.717) is 38.4 Å². The van der Waals surface area contributed by atoms with E-state index in [9.17, 15) is 18.0 Å². The monoisotopic (exact) mass is 371 g/mol. The molecule has 1 saturated heterocycles. The number of nitrogens with zero attached hydrogens (tertiary/aromatic N) is 3. The van der Waals surface area contributed by atoms with Gasteiger partial charge in [0, 0.05) is 38.8 Å². The maximum Gasteiger partial charge on any atom is 0.417 e. The topological polar surface area (TPSA) is 36.4 Å². The molecule has 1 aliphatic rings. The van der Waals surface area contributed by atoms with Crippen molar-refractivity contribution in [3.05, 3.63) is 23.9 Å². The Kier molecular flexibility index (Phi) is 7.72. The fourth-order valence-corrected chi connectivity index (χ4v) is 3.14. The number of hydrogen-bond acceptors (Lipinski definition) is 3. The lowest BCUT2D eigenvalue weighted by Gasteiger charge is -2.35. The summed E-state index contributed by atoms with van der Waals surface area (Å²) in [5, 5.41) is 0. The molecule has 0 saturated carbocycles. The van der Waals surface area contributed by atoms with Crippen LogP contribution < -0.4 is 4.90 Å². The number of halogens is 3. The third kappa shape index (κ3) is 6.18. The Morgan fingerprint density at radius 2 is 1.69 bits per heavy atom. The number of rotatable bonds is 8. The van der Waals surface area contributed by atoms with Gasteiger partial charge in [0.15, 0.2) is 0 Å². The zero-order chi connectivity index (χ0) is 19.0. The SMILES string of the molecule is CCCCCCCCC(=O)N1CCN(c2ccc(C(F)(F)F)cn2)CC1. The van der Waals surface area contributed by atoms with Gasteiger partial charge in [-0.3, -0.25) is 4.79 Å². The molecular formula is C19H28F3N3O. The molecule has 1 amide bonds. The van der Waals surface area contributed by atoms with Gasteiger partial charge in [-0.1, -0.05) is 39.0 Å². The van der Waals surface area contributed by atoms with Crippen LogP contribution in [0.3, 0.4) is 0 Å². The Labute approximate surface area is 153 Å². The molecule has 0 atom stereocenters. The predicted molar refractivity (Wildman–Crippen MR) is 96.0 cm³/mol. The molecule has 0 aliphatic carbocycles. The van der Waals surface area contributed by atoms with Crippen LogP contribution in [-0.2, 0) is 11.0 Å². The number of unbranched alkanes of at least 4 members (excludes halogenated alkanes) is 5. The molecule has 146 valence electrons. The number of carbonyl (C=O) groups is 1. The van der Waals surface area contributed by atoms with E-state index in [4.69, 9.17) is 0 Å². The highest BCUT2D eigenvalue weighted by Crippen LogP contribution is 2.29. The van der Waals surface area contributed by atoms with E-state index in [1.165, 1.54) is 31.7 Å². The summed E-state index contributed by atoms with van der Waals surface area (Å²) in [6.45, 7) is 4.57. The van der Waals surface area contributed by atoms with Crippen LogP contribution in [0.2, 0.25) is 0 Å². The van der Waals surface area contributed by atoms with Crippen LogP contribution in [0, 0.1) is 0 Å². The molecule has 2 rings (SSSR count). The van der Waals surface area contributed by atoms with Gasteiger partial charge in [-0.2, -0.15) is 13.2 Å².